The Labute approximate surface area is 82.9 Å². The third kappa shape index (κ3) is 4.65. The Kier molecular flexibility index (Phi) is 4.14. The summed E-state index contributed by atoms with van der Waals surface area (Å²) in [4.78, 5) is 11.1. The summed E-state index contributed by atoms with van der Waals surface area (Å²) in [5, 5.41) is 0. The van der Waals surface area contributed by atoms with Crippen LogP contribution in [0.2, 0.25) is 0 Å². The third-order valence-corrected chi connectivity index (χ3v) is 1.12. The van der Waals surface area contributed by atoms with Crippen molar-refractivity contribution in [3.63, 3.8) is 0 Å². The van der Waals surface area contributed by atoms with E-state index in [1.165, 1.54) is 0 Å². The molecule has 0 N–H and O–H groups in total. The molecule has 0 fully saturated rings. The summed E-state index contributed by atoms with van der Waals surface area (Å²) in [6.45, 7) is 0. The van der Waals surface area contributed by atoms with Gasteiger partial charge >= 0.3 is 18.2 Å². The predicted octanol–water partition coefficient (Wildman–Crippen LogP) is 1.37. The molecule has 2 aromatic rings. The third-order valence-electron chi connectivity index (χ3n) is 1.12. The molecule has 0 aromatic carbocycles. The van der Waals surface area contributed by atoms with Crippen LogP contribution in [0.5, 0.6) is 0 Å². The molecule has 0 bridgehead atoms. The lowest BCUT2D eigenvalue weighted by Gasteiger charge is -1.85. The number of hydrogen-bond donors (Lipinski definition) is 0. The molecule has 0 amide bonds. The van der Waals surface area contributed by atoms with Gasteiger partial charge < -0.3 is 0 Å². The predicted molar refractivity (Wildman–Crippen MR) is 43.9 cm³/mol. The lowest BCUT2D eigenvalue weighted by Crippen LogP contribution is -2.00. The highest BCUT2D eigenvalue weighted by molar-refractivity contribution is 4.88. The molecule has 0 radical (unpaired) electrons. The van der Waals surface area contributed by atoms with Crippen molar-refractivity contribution in [3.05, 3.63) is 48.8 Å². The molecule has 2 rings (SSSR count). The maximum atomic E-state index is 11.7. The molecular weight excluding hydrogens is 209 g/mol. The van der Waals surface area contributed by atoms with E-state index in [1.54, 1.807) is 12.4 Å². The topological polar surface area (TPSA) is 51.6 Å². The Hall–Kier alpha value is -2.05. The summed E-state index contributed by atoms with van der Waals surface area (Å²) < 4.78 is 35.1. The number of aromatic nitrogens is 4. The van der Waals surface area contributed by atoms with Gasteiger partial charge in [0, 0.05) is 12.4 Å². The molecule has 0 saturated carbocycles. The Balaban J connectivity index is 0.000000162. The quantitative estimate of drug-likeness (QED) is 0.664. The van der Waals surface area contributed by atoms with Crippen molar-refractivity contribution >= 4 is 0 Å². The summed E-state index contributed by atoms with van der Waals surface area (Å²) in [6.07, 6.45) is -0.875. The highest BCUT2D eigenvalue weighted by atomic mass is 19.2. The number of hydrogen-bond acceptors (Lipinski definition) is 4. The number of pyridine rings is 1. The average molecular weight is 214 g/mol. The summed E-state index contributed by atoms with van der Waals surface area (Å²) in [5.41, 5.74) is 0. The fourth-order valence-corrected chi connectivity index (χ4v) is 0.616. The van der Waals surface area contributed by atoms with E-state index in [2.05, 4.69) is 19.9 Å². The second-order valence-corrected chi connectivity index (χ2v) is 2.17. The lowest BCUT2D eigenvalue weighted by molar-refractivity contribution is 0.393. The maximum Gasteiger partial charge on any atom is 0.316 e. The van der Waals surface area contributed by atoms with Crippen LogP contribution in [0.4, 0.5) is 13.2 Å². The van der Waals surface area contributed by atoms with Gasteiger partial charge in [0.1, 0.15) is 0 Å². The number of halogens is 3. The second kappa shape index (κ2) is 5.63. The first-order chi connectivity index (χ1) is 7.18. The average Bonchev–Trinajstić information content (AvgIpc) is 2.19. The smallest absolute Gasteiger partial charge is 0.265 e. The molecule has 2 aromatic heterocycles. The van der Waals surface area contributed by atoms with Crippen LogP contribution in [-0.4, -0.2) is 19.9 Å². The van der Waals surface area contributed by atoms with Gasteiger partial charge in [-0.3, -0.25) is 4.98 Å². The summed E-state index contributed by atoms with van der Waals surface area (Å²) in [5.74, 6) is 0. The SMILES string of the molecule is Fc1nc(F)nc(F)n1.c1ccncc1. The van der Waals surface area contributed by atoms with Crippen molar-refractivity contribution in [2.45, 2.75) is 0 Å². The van der Waals surface area contributed by atoms with Gasteiger partial charge in [-0.2, -0.15) is 28.1 Å². The monoisotopic (exact) mass is 214 g/mol. The van der Waals surface area contributed by atoms with Crippen molar-refractivity contribution in [3.8, 4) is 0 Å². The second-order valence-electron chi connectivity index (χ2n) is 2.17. The van der Waals surface area contributed by atoms with E-state index in [4.69, 9.17) is 0 Å². The molecule has 0 spiro atoms. The zero-order chi connectivity index (χ0) is 11.1. The fraction of sp³-hybridized carbons (Fsp3) is 0. The molecule has 2 heterocycles. The standard InChI is InChI=1S/C5H5N.C3F3N3/c1-2-4-6-5-3-1;4-1-7-2(5)9-3(6)8-1/h1-5H;. The van der Waals surface area contributed by atoms with Crippen molar-refractivity contribution in [1.82, 2.24) is 19.9 Å². The zero-order valence-electron chi connectivity index (χ0n) is 7.31. The van der Waals surface area contributed by atoms with Gasteiger partial charge in [-0.25, -0.2) is 0 Å². The van der Waals surface area contributed by atoms with E-state index >= 15 is 0 Å². The molecule has 0 atom stereocenters. The van der Waals surface area contributed by atoms with Crippen LogP contribution in [0.25, 0.3) is 0 Å². The zero-order valence-corrected chi connectivity index (χ0v) is 7.31. The Morgan fingerprint density at radius 2 is 1.07 bits per heavy atom. The largest absolute Gasteiger partial charge is 0.316 e. The Bertz CT molecular complexity index is 333. The van der Waals surface area contributed by atoms with E-state index in [9.17, 15) is 13.2 Å². The molecule has 0 aliphatic carbocycles. The molecule has 7 heteroatoms. The summed E-state index contributed by atoms with van der Waals surface area (Å²) in [7, 11) is 0. The first kappa shape index (κ1) is 11.0. The molecule has 78 valence electrons. The van der Waals surface area contributed by atoms with E-state index in [0.717, 1.165) is 0 Å². The van der Waals surface area contributed by atoms with Crippen LogP contribution < -0.4 is 0 Å². The molecule has 4 nitrogen and oxygen atoms in total. The van der Waals surface area contributed by atoms with E-state index in [1.807, 2.05) is 18.2 Å². The molecule has 0 unspecified atom stereocenters. The highest BCUT2D eigenvalue weighted by Gasteiger charge is 2.01. The van der Waals surface area contributed by atoms with Gasteiger partial charge in [-0.15, -0.1) is 0 Å². The normalized spacial score (nSPS) is 9.00. The number of rotatable bonds is 0. The maximum absolute atomic E-state index is 11.7. The van der Waals surface area contributed by atoms with Gasteiger partial charge in [0.05, 0.1) is 0 Å². The number of nitrogens with zero attached hydrogens (tertiary/aromatic N) is 4. The minimum Gasteiger partial charge on any atom is -0.265 e. The molecule has 0 aliphatic rings. The summed E-state index contributed by atoms with van der Waals surface area (Å²) in [6, 6.07) is 5.72. The summed E-state index contributed by atoms with van der Waals surface area (Å²) >= 11 is 0. The Morgan fingerprint density at radius 3 is 1.27 bits per heavy atom. The van der Waals surface area contributed by atoms with Crippen LogP contribution in [0.1, 0.15) is 0 Å². The van der Waals surface area contributed by atoms with Crippen molar-refractivity contribution in [2.24, 2.45) is 0 Å². The highest BCUT2D eigenvalue weighted by Crippen LogP contribution is 1.89. The first-order valence-electron chi connectivity index (χ1n) is 3.76. The van der Waals surface area contributed by atoms with Gasteiger partial charge in [0.15, 0.2) is 0 Å². The van der Waals surface area contributed by atoms with Crippen molar-refractivity contribution in [2.75, 3.05) is 0 Å². The van der Waals surface area contributed by atoms with E-state index in [-0.39, 0.29) is 0 Å². The van der Waals surface area contributed by atoms with Gasteiger partial charge in [0.2, 0.25) is 0 Å². The molecule has 0 aliphatic heterocycles. The minimum absolute atomic E-state index is 1.46. The van der Waals surface area contributed by atoms with E-state index < -0.39 is 18.2 Å². The minimum atomic E-state index is -1.46. The fourth-order valence-electron chi connectivity index (χ4n) is 0.616. The molecule has 0 saturated heterocycles. The van der Waals surface area contributed by atoms with Crippen LogP contribution in [0, 0.1) is 18.2 Å². The molecule has 15 heavy (non-hydrogen) atoms. The van der Waals surface area contributed by atoms with Gasteiger partial charge in [0.25, 0.3) is 0 Å². The van der Waals surface area contributed by atoms with Crippen molar-refractivity contribution in [1.29, 1.82) is 0 Å². The lowest BCUT2D eigenvalue weighted by atomic mass is 10.5. The van der Waals surface area contributed by atoms with Gasteiger partial charge in [-0.1, -0.05) is 6.07 Å². The Morgan fingerprint density at radius 1 is 0.667 bits per heavy atom. The van der Waals surface area contributed by atoms with Crippen molar-refractivity contribution < 1.29 is 13.2 Å². The van der Waals surface area contributed by atoms with Crippen LogP contribution >= 0.6 is 0 Å². The van der Waals surface area contributed by atoms with Gasteiger partial charge in [-0.05, 0) is 12.1 Å². The van der Waals surface area contributed by atoms with Crippen LogP contribution in [0.15, 0.2) is 30.6 Å². The first-order valence-corrected chi connectivity index (χ1v) is 3.76. The van der Waals surface area contributed by atoms with E-state index in [0.29, 0.717) is 0 Å². The van der Waals surface area contributed by atoms with Crippen LogP contribution in [0.3, 0.4) is 0 Å². The molecular formula is C8H5F3N4. The van der Waals surface area contributed by atoms with Crippen LogP contribution in [-0.2, 0) is 0 Å².